The van der Waals surface area contributed by atoms with E-state index in [0.717, 1.165) is 0 Å². The van der Waals surface area contributed by atoms with Gasteiger partial charge >= 0.3 is 5.97 Å². The van der Waals surface area contributed by atoms with E-state index in [1.165, 1.54) is 0 Å². The molecule has 4 nitrogen and oxygen atoms in total. The summed E-state index contributed by atoms with van der Waals surface area (Å²) >= 11 is 0. The lowest BCUT2D eigenvalue weighted by molar-refractivity contribution is -0.956. The van der Waals surface area contributed by atoms with Crippen LogP contribution >= 0.6 is 0 Å². The molecule has 160 valence electrons. The Bertz CT molecular complexity index is 1120. The Balaban J connectivity index is 0.00000336. The van der Waals surface area contributed by atoms with Crippen molar-refractivity contribution in [2.45, 2.75) is 62.2 Å². The Labute approximate surface area is 196 Å². The van der Waals surface area contributed by atoms with Gasteiger partial charge in [-0.2, -0.15) is 0 Å². The topological polar surface area (TPSA) is 46.5 Å². The Morgan fingerprint density at radius 3 is 1.87 bits per heavy atom. The zero-order chi connectivity index (χ0) is 27.1. The molecular weight excluding hydrogens is 398 g/mol. The SMILES string of the molecule is [2H]C1([2H])C([2H])([2H])C([2H])([2H])[N+]2(C3CCC2CC(OC(=O)C(O)(c2ccccc2)c2ccccc2)C3)C1([2H])[2H].[Cl-]. The second-order valence-corrected chi connectivity index (χ2v) is 8.08. The van der Waals surface area contributed by atoms with Crippen molar-refractivity contribution in [2.24, 2.45) is 0 Å². The Kier molecular flexibility index (Phi) is 3.75. The number of hydrogen-bond acceptors (Lipinski definition) is 3. The van der Waals surface area contributed by atoms with Gasteiger partial charge in [-0.1, -0.05) is 60.7 Å². The highest BCUT2D eigenvalue weighted by atomic mass is 35.5. The number of piperidine rings is 1. The summed E-state index contributed by atoms with van der Waals surface area (Å²) < 4.78 is 72.9. The maximum atomic E-state index is 13.6. The predicted octanol–water partition coefficient (Wildman–Crippen LogP) is 0.774. The molecule has 2 aromatic rings. The second kappa shape index (κ2) is 8.33. The maximum absolute atomic E-state index is 13.6. The monoisotopic (exact) mass is 435 g/mol. The highest BCUT2D eigenvalue weighted by Crippen LogP contribution is 2.46. The van der Waals surface area contributed by atoms with Crippen molar-refractivity contribution in [2.75, 3.05) is 13.0 Å². The van der Waals surface area contributed by atoms with Crippen LogP contribution in [0.15, 0.2) is 60.7 Å². The number of benzene rings is 2. The van der Waals surface area contributed by atoms with E-state index in [2.05, 4.69) is 0 Å². The Morgan fingerprint density at radius 2 is 1.40 bits per heavy atom. The number of rotatable bonds is 4. The first kappa shape index (κ1) is 13.5. The molecule has 0 radical (unpaired) electrons. The number of hydrogen-bond donors (Lipinski definition) is 1. The molecular formula is C25H30ClNO3. The third-order valence-electron chi connectivity index (χ3n) is 6.55. The average Bonchev–Trinajstić information content (AvgIpc) is 3.13. The molecule has 2 unspecified atom stereocenters. The largest absolute Gasteiger partial charge is 1.00 e. The summed E-state index contributed by atoms with van der Waals surface area (Å²) in [6.07, 6.45) is -6.14. The van der Waals surface area contributed by atoms with E-state index < -0.39 is 60.0 Å². The molecule has 3 aliphatic heterocycles. The van der Waals surface area contributed by atoms with Crippen molar-refractivity contribution in [3.8, 4) is 0 Å². The van der Waals surface area contributed by atoms with Crippen LogP contribution < -0.4 is 12.4 Å². The van der Waals surface area contributed by atoms with Gasteiger partial charge in [-0.25, -0.2) is 4.79 Å². The van der Waals surface area contributed by atoms with Gasteiger partial charge in [0.05, 0.1) is 30.6 Å². The van der Waals surface area contributed by atoms with Crippen molar-refractivity contribution in [3.05, 3.63) is 71.8 Å². The van der Waals surface area contributed by atoms with Gasteiger partial charge in [0.25, 0.3) is 0 Å². The Morgan fingerprint density at radius 1 is 0.933 bits per heavy atom. The molecule has 3 saturated heterocycles. The van der Waals surface area contributed by atoms with Crippen LogP contribution in [0.3, 0.4) is 0 Å². The molecule has 1 N–H and O–H groups in total. The lowest BCUT2D eigenvalue weighted by Gasteiger charge is -2.47. The summed E-state index contributed by atoms with van der Waals surface area (Å²) in [5, 5.41) is 11.7. The fraction of sp³-hybridized carbons (Fsp3) is 0.480. The lowest BCUT2D eigenvalue weighted by atomic mass is 9.86. The summed E-state index contributed by atoms with van der Waals surface area (Å²) in [7, 11) is 0. The van der Waals surface area contributed by atoms with Gasteiger partial charge < -0.3 is 26.7 Å². The van der Waals surface area contributed by atoms with Gasteiger partial charge in [0, 0.05) is 43.9 Å². The predicted molar refractivity (Wildman–Crippen MR) is 111 cm³/mol. The van der Waals surface area contributed by atoms with E-state index in [0.29, 0.717) is 24.0 Å². The van der Waals surface area contributed by atoms with Gasteiger partial charge in [0.15, 0.2) is 0 Å². The van der Waals surface area contributed by atoms with E-state index in [-0.39, 0.29) is 25.2 Å². The molecule has 0 aromatic heterocycles. The van der Waals surface area contributed by atoms with Crippen molar-refractivity contribution >= 4 is 5.97 Å². The van der Waals surface area contributed by atoms with Crippen molar-refractivity contribution < 1.29 is 42.5 Å². The van der Waals surface area contributed by atoms with E-state index >= 15 is 0 Å². The zero-order valence-electron chi connectivity index (χ0n) is 24.4. The first-order valence-corrected chi connectivity index (χ1v) is 10.1. The standard InChI is InChI=1S/C25H30NO3.ClH/c27-24(25(28,19-9-3-1-4-10-19)20-11-5-2-6-12-20)29-23-17-21-13-14-22(18-23)26(21)15-7-8-16-26;/h1-6,9-12,21-23,28H,7-8,13-18H2;1H/q+1;/p-1/i7D2,8D2,15D2,16D2;. The first-order chi connectivity index (χ1) is 17.2. The minimum atomic E-state index is -3.07. The molecule has 2 aromatic carbocycles. The number of ether oxygens (including phenoxy) is 1. The zero-order valence-corrected chi connectivity index (χ0v) is 17.2. The highest BCUT2D eigenvalue weighted by molar-refractivity contribution is 5.85. The quantitative estimate of drug-likeness (QED) is 0.570. The molecule has 3 fully saturated rings. The summed E-state index contributed by atoms with van der Waals surface area (Å²) in [6, 6.07) is 15.2. The van der Waals surface area contributed by atoms with Gasteiger partial charge in [0.2, 0.25) is 5.60 Å². The number of nitrogens with zero attached hydrogens (tertiary/aromatic N) is 1. The van der Waals surface area contributed by atoms with Crippen LogP contribution in [-0.2, 0) is 15.1 Å². The summed E-state index contributed by atoms with van der Waals surface area (Å²) in [5.41, 5.74) is -1.46. The number of carbonyl (C=O) groups excluding carboxylic acids is 1. The number of carbonyl (C=O) groups is 1. The fourth-order valence-electron chi connectivity index (χ4n) is 5.09. The number of aliphatic hydroxyl groups is 1. The van der Waals surface area contributed by atoms with Crippen LogP contribution in [0.25, 0.3) is 0 Å². The molecule has 5 rings (SSSR count). The number of halogens is 1. The summed E-state index contributed by atoms with van der Waals surface area (Å²) in [4.78, 5) is 13.6. The van der Waals surface area contributed by atoms with Gasteiger partial charge in [0.1, 0.15) is 6.10 Å². The van der Waals surface area contributed by atoms with Crippen LogP contribution in [0.4, 0.5) is 0 Å². The molecule has 2 bridgehead atoms. The molecule has 5 heteroatoms. The molecule has 3 aliphatic rings. The normalized spacial score (nSPS) is 37.6. The summed E-state index contributed by atoms with van der Waals surface area (Å²) in [5.74, 6) is -0.902. The van der Waals surface area contributed by atoms with Crippen LogP contribution in [0.5, 0.6) is 0 Å². The van der Waals surface area contributed by atoms with E-state index in [1.807, 2.05) is 0 Å². The smallest absolute Gasteiger partial charge is 0.347 e. The Hall–Kier alpha value is -1.88. The molecule has 2 atom stereocenters. The van der Waals surface area contributed by atoms with E-state index in [4.69, 9.17) is 15.7 Å². The molecule has 3 heterocycles. The van der Waals surface area contributed by atoms with Gasteiger partial charge in [-0.3, -0.25) is 0 Å². The third kappa shape index (κ3) is 3.35. The van der Waals surface area contributed by atoms with Crippen molar-refractivity contribution in [3.63, 3.8) is 0 Å². The summed E-state index contributed by atoms with van der Waals surface area (Å²) in [6.45, 7) is -5.68. The first-order valence-electron chi connectivity index (χ1n) is 14.1. The van der Waals surface area contributed by atoms with E-state index in [1.54, 1.807) is 60.7 Å². The van der Waals surface area contributed by atoms with Crippen LogP contribution in [0.2, 0.25) is 0 Å². The van der Waals surface area contributed by atoms with Crippen LogP contribution in [0, 0.1) is 0 Å². The van der Waals surface area contributed by atoms with Gasteiger partial charge in [-0.15, -0.1) is 0 Å². The highest BCUT2D eigenvalue weighted by Gasteiger charge is 2.56. The van der Waals surface area contributed by atoms with Crippen molar-refractivity contribution in [1.82, 2.24) is 0 Å². The molecule has 0 saturated carbocycles. The minimum absolute atomic E-state index is 0. The molecule has 0 aliphatic carbocycles. The fourth-order valence-corrected chi connectivity index (χ4v) is 5.09. The van der Waals surface area contributed by atoms with E-state index in [9.17, 15) is 9.90 Å². The van der Waals surface area contributed by atoms with Crippen LogP contribution in [0.1, 0.15) is 60.5 Å². The van der Waals surface area contributed by atoms with Gasteiger partial charge in [-0.05, 0) is 11.1 Å². The molecule has 1 spiro atoms. The lowest BCUT2D eigenvalue weighted by Crippen LogP contribution is -3.00. The molecule has 30 heavy (non-hydrogen) atoms. The minimum Gasteiger partial charge on any atom is -1.00 e. The maximum Gasteiger partial charge on any atom is 0.347 e. The number of esters is 1. The number of quaternary nitrogens is 1. The third-order valence-corrected chi connectivity index (χ3v) is 6.55. The average molecular weight is 436 g/mol. The second-order valence-electron chi connectivity index (χ2n) is 8.08. The van der Waals surface area contributed by atoms with Crippen LogP contribution in [-0.4, -0.2) is 46.7 Å². The van der Waals surface area contributed by atoms with Crippen molar-refractivity contribution in [1.29, 1.82) is 0 Å². The molecule has 0 amide bonds.